The average molecular weight is 305 g/mol. The molecule has 2 rings (SSSR count). The number of ether oxygens (including phenoxy) is 1. The average Bonchev–Trinajstić information content (AvgIpc) is 2.47. The van der Waals surface area contributed by atoms with Gasteiger partial charge in [0.1, 0.15) is 0 Å². The number of rotatable bonds is 5. The van der Waals surface area contributed by atoms with E-state index in [0.717, 1.165) is 16.8 Å². The monoisotopic (exact) mass is 305 g/mol. The van der Waals surface area contributed by atoms with E-state index < -0.39 is 11.8 Å². The van der Waals surface area contributed by atoms with Crippen molar-refractivity contribution in [1.82, 2.24) is 0 Å². The van der Waals surface area contributed by atoms with E-state index in [0.29, 0.717) is 6.54 Å². The number of methoxy groups -OCH3 is 1. The Balaban J connectivity index is 2.33. The molecule has 118 valence electrons. The Hall–Kier alpha value is -2.17. The lowest BCUT2D eigenvalue weighted by Crippen LogP contribution is -2.22. The van der Waals surface area contributed by atoms with Crippen LogP contribution in [0.3, 0.4) is 0 Å². The molecule has 1 heterocycles. The molecule has 1 unspecified atom stereocenters. The zero-order valence-electron chi connectivity index (χ0n) is 13.0. The Labute approximate surface area is 129 Å². The molecule has 0 bridgehead atoms. The highest BCUT2D eigenvalue weighted by Crippen LogP contribution is 2.29. The van der Waals surface area contributed by atoms with Crippen molar-refractivity contribution in [3.8, 4) is 5.75 Å². The van der Waals surface area contributed by atoms with Crippen LogP contribution in [0, 0.1) is 17.7 Å². The number of carbonyl (C=O) groups is 1. The molecule has 22 heavy (non-hydrogen) atoms. The lowest BCUT2D eigenvalue weighted by atomic mass is 9.84. The van der Waals surface area contributed by atoms with Crippen LogP contribution in [-0.2, 0) is 4.79 Å². The smallest absolute Gasteiger partial charge is 0.304 e. The molecule has 1 N–H and O–H groups in total. The van der Waals surface area contributed by atoms with Crippen molar-refractivity contribution in [3.05, 3.63) is 41.2 Å². The summed E-state index contributed by atoms with van der Waals surface area (Å²) in [7, 11) is 1.42. The van der Waals surface area contributed by atoms with E-state index in [1.807, 2.05) is 19.9 Å². The van der Waals surface area contributed by atoms with E-state index in [-0.39, 0.29) is 24.0 Å². The fourth-order valence-corrected chi connectivity index (χ4v) is 2.66. The van der Waals surface area contributed by atoms with E-state index in [9.17, 15) is 9.18 Å². The maximum Gasteiger partial charge on any atom is 0.304 e. The zero-order valence-corrected chi connectivity index (χ0v) is 13.0. The molecule has 0 saturated carbocycles. The molecule has 0 radical (unpaired) electrons. The van der Waals surface area contributed by atoms with Gasteiger partial charge in [0.2, 0.25) is 0 Å². The zero-order chi connectivity index (χ0) is 16.3. The summed E-state index contributed by atoms with van der Waals surface area (Å²) in [4.78, 5) is 15.4. The van der Waals surface area contributed by atoms with Crippen LogP contribution < -0.4 is 4.74 Å². The summed E-state index contributed by atoms with van der Waals surface area (Å²) in [5.74, 6) is -0.911. The summed E-state index contributed by atoms with van der Waals surface area (Å²) >= 11 is 0. The molecule has 0 saturated heterocycles. The van der Waals surface area contributed by atoms with Gasteiger partial charge in [0.25, 0.3) is 0 Å². The Kier molecular flexibility index (Phi) is 4.96. The van der Waals surface area contributed by atoms with Crippen molar-refractivity contribution in [2.75, 3.05) is 13.7 Å². The first-order valence-corrected chi connectivity index (χ1v) is 7.24. The summed E-state index contributed by atoms with van der Waals surface area (Å²) < 4.78 is 18.5. The molecule has 4 nitrogen and oxygen atoms in total. The molecule has 1 aromatic carbocycles. The van der Waals surface area contributed by atoms with Crippen LogP contribution in [0.5, 0.6) is 5.75 Å². The number of hydrogen-bond acceptors (Lipinski definition) is 3. The number of halogens is 1. The van der Waals surface area contributed by atoms with Crippen molar-refractivity contribution in [2.24, 2.45) is 16.8 Å². The number of benzene rings is 1. The molecule has 0 amide bonds. The molecular formula is C17H20FNO3. The van der Waals surface area contributed by atoms with Crippen molar-refractivity contribution in [1.29, 1.82) is 0 Å². The lowest BCUT2D eigenvalue weighted by molar-refractivity contribution is -0.137. The fourth-order valence-electron chi connectivity index (χ4n) is 2.66. The maximum absolute atomic E-state index is 13.5. The van der Waals surface area contributed by atoms with Gasteiger partial charge in [0.15, 0.2) is 11.6 Å². The number of nitrogens with zero attached hydrogens (tertiary/aromatic N) is 1. The number of dihydropyridines is 1. The number of aliphatic carboxylic acids is 1. The Morgan fingerprint density at radius 1 is 1.50 bits per heavy atom. The molecule has 0 spiro atoms. The van der Waals surface area contributed by atoms with Crippen molar-refractivity contribution in [2.45, 2.75) is 20.3 Å². The van der Waals surface area contributed by atoms with E-state index in [1.54, 1.807) is 12.1 Å². The quantitative estimate of drug-likeness (QED) is 0.908. The van der Waals surface area contributed by atoms with Gasteiger partial charge >= 0.3 is 5.97 Å². The second-order valence-corrected chi connectivity index (χ2v) is 5.67. The summed E-state index contributed by atoms with van der Waals surface area (Å²) in [6.07, 6.45) is 2.00. The highest BCUT2D eigenvalue weighted by molar-refractivity contribution is 6.09. The van der Waals surface area contributed by atoms with Gasteiger partial charge in [-0.3, -0.25) is 9.79 Å². The number of carboxylic acid groups (broad SMARTS) is 1. The summed E-state index contributed by atoms with van der Waals surface area (Å²) in [6.45, 7) is 4.51. The van der Waals surface area contributed by atoms with Crippen LogP contribution in [0.25, 0.3) is 0 Å². The predicted molar refractivity (Wildman–Crippen MR) is 83.0 cm³/mol. The minimum absolute atomic E-state index is 0.0769. The predicted octanol–water partition coefficient (Wildman–Crippen LogP) is 3.31. The first-order chi connectivity index (χ1) is 10.4. The molecule has 5 heteroatoms. The van der Waals surface area contributed by atoms with E-state index >= 15 is 0 Å². The largest absolute Gasteiger partial charge is 0.494 e. The van der Waals surface area contributed by atoms with Gasteiger partial charge in [0.05, 0.1) is 19.2 Å². The molecule has 1 aliphatic rings. The lowest BCUT2D eigenvalue weighted by Gasteiger charge is -2.25. The molecule has 1 aliphatic heterocycles. The topological polar surface area (TPSA) is 58.9 Å². The van der Waals surface area contributed by atoms with Gasteiger partial charge in [-0.25, -0.2) is 4.39 Å². The van der Waals surface area contributed by atoms with E-state index in [1.165, 1.54) is 13.2 Å². The summed E-state index contributed by atoms with van der Waals surface area (Å²) in [6, 6.07) is 4.62. The number of aliphatic imine (C=N–C) groups is 1. The van der Waals surface area contributed by atoms with Gasteiger partial charge in [-0.1, -0.05) is 19.4 Å². The van der Waals surface area contributed by atoms with Gasteiger partial charge in [0, 0.05) is 18.0 Å². The summed E-state index contributed by atoms with van der Waals surface area (Å²) in [5, 5.41) is 9.01. The molecule has 0 aromatic heterocycles. The van der Waals surface area contributed by atoms with Crippen LogP contribution in [-0.4, -0.2) is 30.4 Å². The van der Waals surface area contributed by atoms with Crippen LogP contribution in [0.15, 0.2) is 34.8 Å². The highest BCUT2D eigenvalue weighted by atomic mass is 19.1. The minimum atomic E-state index is -0.821. The van der Waals surface area contributed by atoms with Gasteiger partial charge in [-0.2, -0.15) is 0 Å². The fraction of sp³-hybridized carbons (Fsp3) is 0.412. The van der Waals surface area contributed by atoms with E-state index in [2.05, 4.69) is 4.99 Å². The third-order valence-electron chi connectivity index (χ3n) is 3.79. The molecule has 0 aliphatic carbocycles. The Bertz CT molecular complexity index is 635. The molecule has 1 aromatic rings. The van der Waals surface area contributed by atoms with Crippen molar-refractivity contribution < 1.29 is 19.0 Å². The summed E-state index contributed by atoms with van der Waals surface area (Å²) in [5.41, 5.74) is 2.57. The van der Waals surface area contributed by atoms with Gasteiger partial charge in [-0.05, 0) is 30.2 Å². The normalized spacial score (nSPS) is 18.0. The molecular weight excluding hydrogens is 285 g/mol. The van der Waals surface area contributed by atoms with Gasteiger partial charge < -0.3 is 9.84 Å². The number of carboxylic acids is 1. The second-order valence-electron chi connectivity index (χ2n) is 5.67. The van der Waals surface area contributed by atoms with Crippen LogP contribution >= 0.6 is 0 Å². The third-order valence-corrected chi connectivity index (χ3v) is 3.79. The first-order valence-electron chi connectivity index (χ1n) is 7.24. The van der Waals surface area contributed by atoms with Crippen LogP contribution in [0.4, 0.5) is 4.39 Å². The van der Waals surface area contributed by atoms with Crippen LogP contribution in [0.2, 0.25) is 0 Å². The third kappa shape index (κ3) is 3.53. The molecule has 0 fully saturated rings. The molecule has 1 atom stereocenters. The van der Waals surface area contributed by atoms with Crippen molar-refractivity contribution >= 4 is 11.7 Å². The second kappa shape index (κ2) is 6.73. The standard InChI is InChI=1S/C17H20FNO3/c1-10(2)13-8-15(19-9-12(13)7-17(20)21)11-4-5-14(18)16(6-11)22-3/h4-6,8,10,12H,7,9H2,1-3H3,(H,20,21). The maximum atomic E-state index is 13.5. The first kappa shape index (κ1) is 16.2. The van der Waals surface area contributed by atoms with Crippen molar-refractivity contribution in [3.63, 3.8) is 0 Å². The minimum Gasteiger partial charge on any atom is -0.494 e. The van der Waals surface area contributed by atoms with Crippen LogP contribution in [0.1, 0.15) is 25.8 Å². The highest BCUT2D eigenvalue weighted by Gasteiger charge is 2.24. The number of allylic oxidation sites excluding steroid dienone is 1. The Morgan fingerprint density at radius 3 is 2.82 bits per heavy atom. The van der Waals surface area contributed by atoms with Gasteiger partial charge in [-0.15, -0.1) is 0 Å². The SMILES string of the molecule is COc1cc(C2=NCC(CC(=O)O)C(C(C)C)=C2)ccc1F. The Morgan fingerprint density at radius 2 is 2.23 bits per heavy atom. The number of hydrogen-bond donors (Lipinski definition) is 1. The van der Waals surface area contributed by atoms with E-state index in [4.69, 9.17) is 9.84 Å².